The molecule has 158 valence electrons. The fraction of sp³-hybridized carbons (Fsp3) is 0.348. The van der Waals surface area contributed by atoms with Gasteiger partial charge in [-0.2, -0.15) is 9.78 Å². The summed E-state index contributed by atoms with van der Waals surface area (Å²) in [6, 6.07) is 16.8. The van der Waals surface area contributed by atoms with Crippen LogP contribution < -0.4 is 4.90 Å². The van der Waals surface area contributed by atoms with Crippen molar-refractivity contribution in [2.45, 2.75) is 44.5 Å². The molecule has 0 aliphatic carbocycles. The minimum Gasteiger partial charge on any atom is -0.372 e. The van der Waals surface area contributed by atoms with Crippen molar-refractivity contribution in [1.82, 2.24) is 14.9 Å². The molecule has 3 rings (SSSR count). The quantitative estimate of drug-likeness (QED) is 0.268. The molecule has 5 nitrogen and oxygen atoms in total. The van der Waals surface area contributed by atoms with Crippen molar-refractivity contribution in [1.29, 1.82) is 0 Å². The lowest BCUT2D eigenvalue weighted by molar-refractivity contribution is 0.667. The molecule has 30 heavy (non-hydrogen) atoms. The molecule has 0 saturated heterocycles. The fourth-order valence-corrected chi connectivity index (χ4v) is 4.16. The number of aromatic nitrogens is 3. The maximum Gasteiger partial charge on any atom is 0.212 e. The Morgan fingerprint density at radius 2 is 1.70 bits per heavy atom. The van der Waals surface area contributed by atoms with Gasteiger partial charge in [0.15, 0.2) is 5.82 Å². The Bertz CT molecular complexity index is 960. The second kappa shape index (κ2) is 10.8. The molecule has 0 atom stereocenters. The average Bonchev–Trinajstić information content (AvgIpc) is 3.17. The van der Waals surface area contributed by atoms with Crippen LogP contribution in [0.15, 0.2) is 63.3 Å². The van der Waals surface area contributed by atoms with Crippen molar-refractivity contribution in [2.75, 3.05) is 18.0 Å². The minimum absolute atomic E-state index is 0.238. The van der Waals surface area contributed by atoms with E-state index in [4.69, 9.17) is 5.10 Å². The van der Waals surface area contributed by atoms with Crippen LogP contribution in [0.4, 0.5) is 5.69 Å². The average molecular weight is 486 g/mol. The lowest BCUT2D eigenvalue weighted by Crippen LogP contribution is -2.21. The summed E-state index contributed by atoms with van der Waals surface area (Å²) in [6.45, 7) is 10.6. The molecular weight excluding hydrogens is 458 g/mol. The first-order valence-corrected chi connectivity index (χ1v) is 12.0. The molecule has 1 aromatic heterocycles. The summed E-state index contributed by atoms with van der Waals surface area (Å²) in [5.41, 5.74) is 3.52. The van der Waals surface area contributed by atoms with E-state index in [0.717, 1.165) is 39.9 Å². The normalized spacial score (nSPS) is 11.5. The van der Waals surface area contributed by atoms with E-state index in [0.29, 0.717) is 0 Å². The largest absolute Gasteiger partial charge is 0.372 e. The molecule has 7 heteroatoms. The van der Waals surface area contributed by atoms with Crippen LogP contribution in [-0.4, -0.2) is 34.2 Å². The molecule has 3 aromatic rings. The van der Waals surface area contributed by atoms with Crippen LogP contribution in [0.1, 0.15) is 50.6 Å². The Labute approximate surface area is 191 Å². The van der Waals surface area contributed by atoms with Gasteiger partial charge >= 0.3 is 0 Å². The summed E-state index contributed by atoms with van der Waals surface area (Å²) in [5, 5.41) is 14.3. The van der Waals surface area contributed by atoms with Gasteiger partial charge in [-0.1, -0.05) is 65.8 Å². The van der Waals surface area contributed by atoms with E-state index in [1.54, 1.807) is 11.8 Å². The summed E-state index contributed by atoms with van der Waals surface area (Å²) < 4.78 is 2.95. The lowest BCUT2D eigenvalue weighted by atomic mass is 10.2. The molecule has 0 radical (unpaired) electrons. The Morgan fingerprint density at radius 3 is 2.30 bits per heavy atom. The summed E-state index contributed by atoms with van der Waals surface area (Å²) >= 11 is 5.13. The Balaban J connectivity index is 1.78. The highest BCUT2D eigenvalue weighted by Crippen LogP contribution is 2.25. The summed E-state index contributed by atoms with van der Waals surface area (Å²) in [4.78, 5) is 2.33. The third-order valence-electron chi connectivity index (χ3n) is 4.78. The Morgan fingerprint density at radius 1 is 1.03 bits per heavy atom. The molecule has 1 heterocycles. The van der Waals surface area contributed by atoms with Gasteiger partial charge in [0.05, 0.1) is 6.21 Å². The molecule has 0 aliphatic heterocycles. The highest BCUT2D eigenvalue weighted by molar-refractivity contribution is 9.10. The third-order valence-corrected chi connectivity index (χ3v) is 6.30. The van der Waals surface area contributed by atoms with Gasteiger partial charge in [-0.05, 0) is 49.2 Å². The highest BCUT2D eigenvalue weighted by atomic mass is 79.9. The number of hydrogen-bond acceptors (Lipinski definition) is 5. The van der Waals surface area contributed by atoms with Crippen molar-refractivity contribution < 1.29 is 0 Å². The van der Waals surface area contributed by atoms with E-state index in [-0.39, 0.29) is 5.92 Å². The topological polar surface area (TPSA) is 46.3 Å². The van der Waals surface area contributed by atoms with Crippen molar-refractivity contribution in [3.63, 3.8) is 0 Å². The van der Waals surface area contributed by atoms with E-state index in [1.807, 2.05) is 10.9 Å². The first kappa shape index (κ1) is 22.6. The second-order valence-electron chi connectivity index (χ2n) is 7.23. The fourth-order valence-electron chi connectivity index (χ4n) is 3.05. The van der Waals surface area contributed by atoms with Gasteiger partial charge in [0.25, 0.3) is 0 Å². The first-order valence-electron chi connectivity index (χ1n) is 10.2. The SMILES string of the molecule is CCN(CC)c1ccc(/C=N\n2c(SCc3ccc(Br)cc3)nnc2C(C)C)cc1. The van der Waals surface area contributed by atoms with Crippen molar-refractivity contribution in [2.24, 2.45) is 5.10 Å². The van der Waals surface area contributed by atoms with Crippen LogP contribution in [0.5, 0.6) is 0 Å². The predicted molar refractivity (Wildman–Crippen MR) is 131 cm³/mol. The lowest BCUT2D eigenvalue weighted by Gasteiger charge is -2.20. The summed E-state index contributed by atoms with van der Waals surface area (Å²) in [7, 11) is 0. The molecule has 0 bridgehead atoms. The number of nitrogens with zero attached hydrogens (tertiary/aromatic N) is 5. The number of hydrogen-bond donors (Lipinski definition) is 0. The monoisotopic (exact) mass is 485 g/mol. The van der Waals surface area contributed by atoms with Crippen molar-refractivity contribution in [3.8, 4) is 0 Å². The summed E-state index contributed by atoms with van der Waals surface area (Å²) in [5.74, 6) is 1.92. The van der Waals surface area contributed by atoms with Gasteiger partial charge in [-0.3, -0.25) is 0 Å². The molecule has 0 aliphatic rings. The van der Waals surface area contributed by atoms with Crippen LogP contribution in [0.25, 0.3) is 0 Å². The van der Waals surface area contributed by atoms with Gasteiger partial charge in [0, 0.05) is 34.9 Å². The van der Waals surface area contributed by atoms with Gasteiger partial charge in [0.2, 0.25) is 5.16 Å². The molecule has 0 unspecified atom stereocenters. The van der Waals surface area contributed by atoms with Gasteiger partial charge < -0.3 is 4.90 Å². The number of halogens is 1. The zero-order valence-electron chi connectivity index (χ0n) is 17.9. The van der Waals surface area contributed by atoms with Crippen molar-refractivity contribution in [3.05, 3.63) is 70.0 Å². The van der Waals surface area contributed by atoms with E-state index >= 15 is 0 Å². The molecule has 0 saturated carbocycles. The molecule has 0 spiro atoms. The van der Waals surface area contributed by atoms with Crippen LogP contribution >= 0.6 is 27.7 Å². The molecule has 0 N–H and O–H groups in total. The third kappa shape index (κ3) is 5.73. The van der Waals surface area contributed by atoms with Crippen LogP contribution in [-0.2, 0) is 5.75 Å². The highest BCUT2D eigenvalue weighted by Gasteiger charge is 2.15. The molecule has 0 amide bonds. The van der Waals surface area contributed by atoms with E-state index in [9.17, 15) is 0 Å². The van der Waals surface area contributed by atoms with Crippen LogP contribution in [0.2, 0.25) is 0 Å². The second-order valence-corrected chi connectivity index (χ2v) is 9.09. The van der Waals surface area contributed by atoms with Crippen LogP contribution in [0.3, 0.4) is 0 Å². The first-order chi connectivity index (χ1) is 14.5. The Hall–Kier alpha value is -2.12. The zero-order chi connectivity index (χ0) is 21.5. The minimum atomic E-state index is 0.238. The number of benzene rings is 2. The van der Waals surface area contributed by atoms with E-state index in [1.165, 1.54) is 11.3 Å². The number of anilines is 1. The summed E-state index contributed by atoms with van der Waals surface area (Å²) in [6.07, 6.45) is 1.88. The number of rotatable bonds is 9. The van der Waals surface area contributed by atoms with Gasteiger partial charge in [0.1, 0.15) is 0 Å². The molecule has 2 aromatic carbocycles. The number of thioether (sulfide) groups is 1. The Kier molecular flexibility index (Phi) is 8.10. The smallest absolute Gasteiger partial charge is 0.212 e. The predicted octanol–water partition coefficient (Wildman–Crippen LogP) is 6.18. The van der Waals surface area contributed by atoms with Gasteiger partial charge in [-0.15, -0.1) is 10.2 Å². The molecule has 0 fully saturated rings. The maximum absolute atomic E-state index is 4.72. The zero-order valence-corrected chi connectivity index (χ0v) is 20.3. The van der Waals surface area contributed by atoms with Crippen molar-refractivity contribution >= 4 is 39.6 Å². The standard InChI is InChI=1S/C23H28BrN5S/c1-5-28(6-2)21-13-9-18(10-14-21)15-25-29-22(17(3)4)26-27-23(29)30-16-19-7-11-20(24)12-8-19/h7-15,17H,5-6,16H2,1-4H3/b25-15-. The van der Waals surface area contributed by atoms with Crippen LogP contribution in [0, 0.1) is 0 Å². The van der Waals surface area contributed by atoms with Gasteiger partial charge in [-0.25, -0.2) is 0 Å². The van der Waals surface area contributed by atoms with E-state index in [2.05, 4.69) is 107 Å². The molecular formula is C23H28BrN5S. The maximum atomic E-state index is 4.72. The van der Waals surface area contributed by atoms with E-state index < -0.39 is 0 Å².